The number of fused-ring (bicyclic) bond motifs is 2. The van der Waals surface area contributed by atoms with Crippen molar-refractivity contribution in [3.63, 3.8) is 0 Å². The summed E-state index contributed by atoms with van der Waals surface area (Å²) in [4.78, 5) is 46.6. The molecule has 3 aromatic carbocycles. The van der Waals surface area contributed by atoms with Gasteiger partial charge in [0.05, 0.1) is 17.5 Å². The van der Waals surface area contributed by atoms with E-state index in [2.05, 4.69) is 10.3 Å². The molecule has 4 N–H and O–H groups in total. The van der Waals surface area contributed by atoms with Crippen molar-refractivity contribution in [2.45, 2.75) is 56.7 Å². The van der Waals surface area contributed by atoms with Gasteiger partial charge in [0.15, 0.2) is 5.78 Å². The Morgan fingerprint density at radius 2 is 1.66 bits per heavy atom. The molecule has 6 rings (SSSR count). The van der Waals surface area contributed by atoms with Crippen molar-refractivity contribution in [3.05, 3.63) is 107 Å². The molecule has 0 spiro atoms. The van der Waals surface area contributed by atoms with Gasteiger partial charge in [-0.15, -0.1) is 0 Å². The van der Waals surface area contributed by atoms with Crippen LogP contribution in [0.3, 0.4) is 0 Å². The first-order chi connectivity index (χ1) is 20.0. The maximum absolute atomic E-state index is 14.3. The van der Waals surface area contributed by atoms with Gasteiger partial charge in [0.1, 0.15) is 6.04 Å². The molecule has 4 aromatic rings. The SMILES string of the molecule is N[C@@H](Cc1ccccc1)C(=O)C1c2ccccc2CCN1C(=O)[C@H]1CCCC[C@H]1NC(=O)c1c[nH]c2ccccc12. The molecule has 210 valence electrons. The van der Waals surface area contributed by atoms with Crippen LogP contribution in [0.1, 0.15) is 58.8 Å². The average molecular weight is 549 g/mol. The first-order valence-corrected chi connectivity index (χ1v) is 14.6. The number of nitrogens with one attached hydrogen (secondary N) is 2. The summed E-state index contributed by atoms with van der Waals surface area (Å²) in [6.07, 6.45) is 6.06. The molecule has 1 fully saturated rings. The van der Waals surface area contributed by atoms with Crippen LogP contribution in [0.5, 0.6) is 0 Å². The van der Waals surface area contributed by atoms with E-state index in [0.717, 1.165) is 46.9 Å². The first-order valence-electron chi connectivity index (χ1n) is 14.6. The molecule has 7 nitrogen and oxygen atoms in total. The Labute approximate surface area is 240 Å². The molecular weight excluding hydrogens is 512 g/mol. The number of hydrogen-bond acceptors (Lipinski definition) is 4. The molecule has 1 aliphatic heterocycles. The lowest BCUT2D eigenvalue weighted by molar-refractivity contribution is -0.145. The third kappa shape index (κ3) is 5.42. The van der Waals surface area contributed by atoms with Crippen molar-refractivity contribution in [3.8, 4) is 0 Å². The van der Waals surface area contributed by atoms with Crippen molar-refractivity contribution in [2.75, 3.05) is 6.54 Å². The van der Waals surface area contributed by atoms with Crippen LogP contribution < -0.4 is 11.1 Å². The van der Waals surface area contributed by atoms with Crippen molar-refractivity contribution in [1.82, 2.24) is 15.2 Å². The molecule has 4 atom stereocenters. The van der Waals surface area contributed by atoms with Crippen LogP contribution >= 0.6 is 0 Å². The number of carbonyl (C=O) groups excluding carboxylic acids is 3. The second-order valence-electron chi connectivity index (χ2n) is 11.3. The first kappa shape index (κ1) is 27.0. The molecule has 41 heavy (non-hydrogen) atoms. The molecule has 2 amide bonds. The number of carbonyl (C=O) groups is 3. The van der Waals surface area contributed by atoms with Gasteiger partial charge in [-0.05, 0) is 48.4 Å². The van der Waals surface area contributed by atoms with Crippen molar-refractivity contribution in [2.24, 2.45) is 11.7 Å². The maximum Gasteiger partial charge on any atom is 0.253 e. The van der Waals surface area contributed by atoms with Crippen molar-refractivity contribution in [1.29, 1.82) is 0 Å². The van der Waals surface area contributed by atoms with E-state index in [1.54, 1.807) is 11.1 Å². The van der Waals surface area contributed by atoms with Crippen LogP contribution in [0.2, 0.25) is 0 Å². The van der Waals surface area contributed by atoms with E-state index in [1.165, 1.54) is 0 Å². The van der Waals surface area contributed by atoms with Gasteiger partial charge in [0.25, 0.3) is 5.91 Å². The number of H-pyrrole nitrogens is 1. The Bertz CT molecular complexity index is 1560. The number of hydrogen-bond donors (Lipinski definition) is 3. The van der Waals surface area contributed by atoms with E-state index in [0.29, 0.717) is 31.4 Å². The summed E-state index contributed by atoms with van der Waals surface area (Å²) in [6.45, 7) is 0.448. The van der Waals surface area contributed by atoms with Gasteiger partial charge >= 0.3 is 0 Å². The minimum Gasteiger partial charge on any atom is -0.360 e. The van der Waals surface area contributed by atoms with Crippen LogP contribution in [0.4, 0.5) is 0 Å². The number of rotatable bonds is 7. The molecule has 2 aliphatic rings. The highest BCUT2D eigenvalue weighted by Crippen LogP contribution is 2.35. The van der Waals surface area contributed by atoms with Crippen molar-refractivity contribution >= 4 is 28.5 Å². The summed E-state index contributed by atoms with van der Waals surface area (Å²) in [6, 6.07) is 23.5. The van der Waals surface area contributed by atoms with E-state index in [-0.39, 0.29) is 23.6 Å². The summed E-state index contributed by atoms with van der Waals surface area (Å²) < 4.78 is 0. The fourth-order valence-corrected chi connectivity index (χ4v) is 6.60. The van der Waals surface area contributed by atoms with Crippen LogP contribution in [-0.4, -0.2) is 46.1 Å². The Morgan fingerprint density at radius 1 is 0.927 bits per heavy atom. The highest BCUT2D eigenvalue weighted by Gasteiger charge is 2.42. The van der Waals surface area contributed by atoms with Gasteiger partial charge in [-0.3, -0.25) is 14.4 Å². The second-order valence-corrected chi connectivity index (χ2v) is 11.3. The number of ketones is 1. The fourth-order valence-electron chi connectivity index (χ4n) is 6.60. The number of nitrogens with two attached hydrogens (primary N) is 1. The summed E-state index contributed by atoms with van der Waals surface area (Å²) in [5, 5.41) is 4.04. The zero-order chi connectivity index (χ0) is 28.3. The number of aromatic amines is 1. The third-order valence-electron chi connectivity index (χ3n) is 8.73. The van der Waals surface area contributed by atoms with Gasteiger partial charge < -0.3 is 20.9 Å². The van der Waals surface area contributed by atoms with Gasteiger partial charge in [-0.2, -0.15) is 0 Å². The zero-order valence-electron chi connectivity index (χ0n) is 23.1. The molecule has 2 heterocycles. The van der Waals surface area contributed by atoms with E-state index >= 15 is 0 Å². The second kappa shape index (κ2) is 11.7. The standard InChI is InChI=1S/C34H36N4O3/c35-28(20-22-10-2-1-3-11-22)32(39)31-24-13-5-4-12-23(24)18-19-38(31)34(41)26-15-7-9-17-30(26)37-33(40)27-21-36-29-16-8-6-14-25(27)29/h1-6,8,10-14,16,21,26,28,30-31,36H,7,9,15,17-20,35H2,(H,37,40)/t26-,28-,30+,31?/m0/s1. The van der Waals surface area contributed by atoms with E-state index < -0.39 is 18.0 Å². The van der Waals surface area contributed by atoms with E-state index in [4.69, 9.17) is 5.73 Å². The number of nitrogens with zero attached hydrogens (tertiary/aromatic N) is 1. The molecule has 1 unspecified atom stereocenters. The maximum atomic E-state index is 14.3. The van der Waals surface area contributed by atoms with Crippen molar-refractivity contribution < 1.29 is 14.4 Å². The quantitative estimate of drug-likeness (QED) is 0.311. The lowest BCUT2D eigenvalue weighted by atomic mass is 9.81. The normalized spacial score (nSPS) is 21.2. The largest absolute Gasteiger partial charge is 0.360 e. The van der Waals surface area contributed by atoms with Gasteiger partial charge in [0.2, 0.25) is 5.91 Å². The number of para-hydroxylation sites is 1. The monoisotopic (exact) mass is 548 g/mol. The van der Waals surface area contributed by atoms with Crippen LogP contribution in [0, 0.1) is 5.92 Å². The molecule has 0 saturated heterocycles. The summed E-state index contributed by atoms with van der Waals surface area (Å²) in [5.74, 6) is -0.810. The van der Waals surface area contributed by atoms with E-state index in [1.807, 2.05) is 78.9 Å². The van der Waals surface area contributed by atoms with Crippen LogP contribution in [0.25, 0.3) is 10.9 Å². The number of amides is 2. The molecule has 0 radical (unpaired) electrons. The molecule has 1 aliphatic carbocycles. The fraction of sp³-hybridized carbons (Fsp3) is 0.324. The molecule has 1 aromatic heterocycles. The van der Waals surface area contributed by atoms with Crippen LogP contribution in [-0.2, 0) is 22.4 Å². The van der Waals surface area contributed by atoms with E-state index in [9.17, 15) is 14.4 Å². The molecule has 1 saturated carbocycles. The third-order valence-corrected chi connectivity index (χ3v) is 8.73. The number of benzene rings is 3. The van der Waals surface area contributed by atoms with Crippen LogP contribution in [0.15, 0.2) is 85.1 Å². The Morgan fingerprint density at radius 3 is 2.51 bits per heavy atom. The lowest BCUT2D eigenvalue weighted by Crippen LogP contribution is -2.54. The Kier molecular flexibility index (Phi) is 7.70. The molecular formula is C34H36N4O3. The predicted octanol–water partition coefficient (Wildman–Crippen LogP) is 4.72. The average Bonchev–Trinajstić information content (AvgIpc) is 3.45. The number of Topliss-reactive ketones (excluding diaryl/α,β-unsaturated/α-hetero) is 1. The minimum atomic E-state index is -0.743. The minimum absolute atomic E-state index is 0.0753. The predicted molar refractivity (Wildman–Crippen MR) is 159 cm³/mol. The molecule has 7 heteroatoms. The van der Waals surface area contributed by atoms with Gasteiger partial charge in [-0.25, -0.2) is 0 Å². The van der Waals surface area contributed by atoms with Gasteiger partial charge in [0, 0.05) is 29.7 Å². The highest BCUT2D eigenvalue weighted by molar-refractivity contribution is 6.07. The Hall–Kier alpha value is -4.23. The molecule has 0 bridgehead atoms. The smallest absolute Gasteiger partial charge is 0.253 e. The lowest BCUT2D eigenvalue weighted by Gasteiger charge is -2.41. The summed E-state index contributed by atoms with van der Waals surface area (Å²) in [5.41, 5.74) is 10.9. The summed E-state index contributed by atoms with van der Waals surface area (Å²) in [7, 11) is 0. The van der Waals surface area contributed by atoms with Gasteiger partial charge in [-0.1, -0.05) is 85.6 Å². The topological polar surface area (TPSA) is 108 Å². The Balaban J connectivity index is 1.26. The number of aromatic nitrogens is 1. The highest BCUT2D eigenvalue weighted by atomic mass is 16.2. The zero-order valence-corrected chi connectivity index (χ0v) is 23.1. The summed E-state index contributed by atoms with van der Waals surface area (Å²) >= 11 is 0.